The minimum atomic E-state index is 0.733. The van der Waals surface area contributed by atoms with E-state index >= 15 is 0 Å². The van der Waals surface area contributed by atoms with Crippen LogP contribution in [0.4, 0.5) is 0 Å². The third kappa shape index (κ3) is 6.22. The van der Waals surface area contributed by atoms with E-state index in [0.717, 1.165) is 36.3 Å². The van der Waals surface area contributed by atoms with E-state index in [0.29, 0.717) is 0 Å². The molecule has 1 nitrogen and oxygen atoms in total. The largest absolute Gasteiger partial charge is 0.304 e. The maximum atomic E-state index is 2.45. The molecule has 0 spiro atoms. The van der Waals surface area contributed by atoms with Gasteiger partial charge in [0.1, 0.15) is 0 Å². The van der Waals surface area contributed by atoms with E-state index in [2.05, 4.69) is 60.4 Å². The Hall–Kier alpha value is -0.0400. The van der Waals surface area contributed by atoms with Crippen molar-refractivity contribution < 1.29 is 0 Å². The Morgan fingerprint density at radius 2 is 1.39 bits per heavy atom. The molecule has 0 aliphatic rings. The molecule has 18 heavy (non-hydrogen) atoms. The molecule has 0 aromatic carbocycles. The van der Waals surface area contributed by atoms with E-state index in [1.807, 2.05) is 0 Å². The monoisotopic (exact) mass is 255 g/mol. The smallest absolute Gasteiger partial charge is 0.00637 e. The van der Waals surface area contributed by atoms with Crippen molar-refractivity contribution in [2.45, 2.75) is 73.8 Å². The second kappa shape index (κ2) is 8.96. The topological polar surface area (TPSA) is 3.24 Å². The number of rotatable bonds is 9. The summed E-state index contributed by atoms with van der Waals surface area (Å²) in [7, 11) is 2.24. The van der Waals surface area contributed by atoms with Crippen LogP contribution in [0.5, 0.6) is 0 Å². The van der Waals surface area contributed by atoms with Gasteiger partial charge in [-0.3, -0.25) is 0 Å². The van der Waals surface area contributed by atoms with E-state index in [1.165, 1.54) is 19.3 Å². The zero-order valence-corrected chi connectivity index (χ0v) is 14.2. The molecule has 0 bridgehead atoms. The highest BCUT2D eigenvalue weighted by atomic mass is 15.1. The van der Waals surface area contributed by atoms with Crippen LogP contribution in [0.1, 0.15) is 67.7 Å². The molecule has 0 saturated carbocycles. The molecule has 0 aliphatic carbocycles. The molecule has 0 N–H and O–H groups in total. The third-order valence-electron chi connectivity index (χ3n) is 4.99. The van der Waals surface area contributed by atoms with Gasteiger partial charge in [0, 0.05) is 6.04 Å². The molecular formula is C17H37N. The quantitative estimate of drug-likeness (QED) is 0.556. The summed E-state index contributed by atoms with van der Waals surface area (Å²) in [6, 6.07) is 0.733. The zero-order valence-electron chi connectivity index (χ0n) is 14.2. The Morgan fingerprint density at radius 3 is 1.78 bits per heavy atom. The van der Waals surface area contributed by atoms with Crippen LogP contribution in [-0.2, 0) is 0 Å². The predicted octanol–water partition coefficient (Wildman–Crippen LogP) is 5.06. The first kappa shape index (κ1) is 18.0. The highest BCUT2D eigenvalue weighted by Crippen LogP contribution is 2.31. The molecule has 0 aliphatic heterocycles. The summed E-state index contributed by atoms with van der Waals surface area (Å²) in [5, 5.41) is 0. The average molecular weight is 255 g/mol. The van der Waals surface area contributed by atoms with Crippen molar-refractivity contribution in [3.8, 4) is 0 Å². The summed E-state index contributed by atoms with van der Waals surface area (Å²) in [5.74, 6) is 3.38. The van der Waals surface area contributed by atoms with Crippen molar-refractivity contribution in [2.24, 2.45) is 23.7 Å². The first-order valence-corrected chi connectivity index (χ1v) is 8.01. The summed E-state index contributed by atoms with van der Waals surface area (Å²) in [6.45, 7) is 17.7. The third-order valence-corrected chi connectivity index (χ3v) is 4.99. The van der Waals surface area contributed by atoms with Crippen molar-refractivity contribution in [1.29, 1.82) is 0 Å². The van der Waals surface area contributed by atoms with Gasteiger partial charge in [0.25, 0.3) is 0 Å². The average Bonchev–Trinajstić information content (AvgIpc) is 2.31. The normalized spacial score (nSPS) is 17.5. The summed E-state index contributed by atoms with van der Waals surface area (Å²) < 4.78 is 0. The van der Waals surface area contributed by atoms with Crippen LogP contribution in [0.3, 0.4) is 0 Å². The Balaban J connectivity index is 4.13. The second-order valence-electron chi connectivity index (χ2n) is 6.86. The van der Waals surface area contributed by atoms with Gasteiger partial charge in [-0.2, -0.15) is 0 Å². The lowest BCUT2D eigenvalue weighted by atomic mass is 9.75. The minimum absolute atomic E-state index is 0.733. The molecule has 0 amide bonds. The van der Waals surface area contributed by atoms with E-state index in [9.17, 15) is 0 Å². The van der Waals surface area contributed by atoms with Crippen LogP contribution >= 0.6 is 0 Å². The molecule has 3 unspecified atom stereocenters. The van der Waals surface area contributed by atoms with Gasteiger partial charge in [0.2, 0.25) is 0 Å². The SMILES string of the molecule is CCN(C)C(C)CCCC(C(C)C)C(C)C(C)C. The summed E-state index contributed by atoms with van der Waals surface area (Å²) in [6.07, 6.45) is 4.13. The molecule has 0 fully saturated rings. The highest BCUT2D eigenvalue weighted by molar-refractivity contribution is 4.73. The van der Waals surface area contributed by atoms with Crippen LogP contribution in [-0.4, -0.2) is 24.5 Å². The van der Waals surface area contributed by atoms with Crippen molar-refractivity contribution in [3.63, 3.8) is 0 Å². The van der Waals surface area contributed by atoms with E-state index < -0.39 is 0 Å². The zero-order chi connectivity index (χ0) is 14.3. The van der Waals surface area contributed by atoms with Gasteiger partial charge in [0.15, 0.2) is 0 Å². The summed E-state index contributed by atoms with van der Waals surface area (Å²) >= 11 is 0. The van der Waals surface area contributed by atoms with Gasteiger partial charge >= 0.3 is 0 Å². The predicted molar refractivity (Wildman–Crippen MR) is 83.9 cm³/mol. The second-order valence-corrected chi connectivity index (χ2v) is 6.86. The van der Waals surface area contributed by atoms with E-state index in [-0.39, 0.29) is 0 Å². The Labute approximate surface area is 116 Å². The fraction of sp³-hybridized carbons (Fsp3) is 1.00. The van der Waals surface area contributed by atoms with E-state index in [1.54, 1.807) is 0 Å². The van der Waals surface area contributed by atoms with Gasteiger partial charge in [-0.05, 0) is 57.0 Å². The number of hydrogen-bond acceptors (Lipinski definition) is 1. The maximum Gasteiger partial charge on any atom is 0.00637 e. The van der Waals surface area contributed by atoms with Gasteiger partial charge < -0.3 is 4.90 Å². The highest BCUT2D eigenvalue weighted by Gasteiger charge is 2.23. The van der Waals surface area contributed by atoms with Crippen LogP contribution in [0.2, 0.25) is 0 Å². The molecule has 3 atom stereocenters. The van der Waals surface area contributed by atoms with Gasteiger partial charge in [0.05, 0.1) is 0 Å². The molecular weight excluding hydrogens is 218 g/mol. The molecule has 0 rings (SSSR count). The molecule has 0 radical (unpaired) electrons. The Kier molecular flexibility index (Phi) is 8.94. The maximum absolute atomic E-state index is 2.45. The van der Waals surface area contributed by atoms with Crippen molar-refractivity contribution in [3.05, 3.63) is 0 Å². The Morgan fingerprint density at radius 1 is 0.833 bits per heavy atom. The molecule has 0 aromatic rings. The molecule has 0 saturated heterocycles. The number of hydrogen-bond donors (Lipinski definition) is 0. The Bertz CT molecular complexity index is 198. The van der Waals surface area contributed by atoms with Crippen LogP contribution in [0.15, 0.2) is 0 Å². The van der Waals surface area contributed by atoms with Crippen molar-refractivity contribution >= 4 is 0 Å². The lowest BCUT2D eigenvalue weighted by molar-refractivity contribution is 0.186. The number of nitrogens with zero attached hydrogens (tertiary/aromatic N) is 1. The molecule has 110 valence electrons. The van der Waals surface area contributed by atoms with Gasteiger partial charge in [-0.15, -0.1) is 0 Å². The van der Waals surface area contributed by atoms with Gasteiger partial charge in [-0.1, -0.05) is 48.0 Å². The first-order chi connectivity index (χ1) is 8.31. The fourth-order valence-electron chi connectivity index (χ4n) is 2.88. The van der Waals surface area contributed by atoms with Crippen LogP contribution in [0.25, 0.3) is 0 Å². The standard InChI is InChI=1S/C17H37N/c1-9-18(8)15(6)11-10-12-17(14(4)5)16(7)13(2)3/h13-17H,9-12H2,1-8H3. The molecule has 0 heterocycles. The lowest BCUT2D eigenvalue weighted by Gasteiger charge is -2.31. The van der Waals surface area contributed by atoms with E-state index in [4.69, 9.17) is 0 Å². The van der Waals surface area contributed by atoms with Crippen LogP contribution in [0, 0.1) is 23.7 Å². The lowest BCUT2D eigenvalue weighted by Crippen LogP contribution is -2.29. The van der Waals surface area contributed by atoms with Crippen molar-refractivity contribution in [1.82, 2.24) is 4.90 Å². The van der Waals surface area contributed by atoms with Crippen LogP contribution < -0.4 is 0 Å². The fourth-order valence-corrected chi connectivity index (χ4v) is 2.88. The summed E-state index contributed by atoms with van der Waals surface area (Å²) in [5.41, 5.74) is 0. The minimum Gasteiger partial charge on any atom is -0.304 e. The first-order valence-electron chi connectivity index (χ1n) is 8.01. The van der Waals surface area contributed by atoms with Crippen molar-refractivity contribution in [2.75, 3.05) is 13.6 Å². The van der Waals surface area contributed by atoms with Gasteiger partial charge in [-0.25, -0.2) is 0 Å². The summed E-state index contributed by atoms with van der Waals surface area (Å²) in [4.78, 5) is 2.45. The molecule has 0 aromatic heterocycles. The molecule has 1 heteroatoms.